The first-order valence-corrected chi connectivity index (χ1v) is 7.89. The van der Waals surface area contributed by atoms with Crippen molar-refractivity contribution in [2.75, 3.05) is 13.2 Å². The maximum Gasteiger partial charge on any atom is 0.318 e. The van der Waals surface area contributed by atoms with Gasteiger partial charge in [-0.1, -0.05) is 41.1 Å². The lowest BCUT2D eigenvalue weighted by molar-refractivity contribution is 0.154. The van der Waals surface area contributed by atoms with E-state index in [0.717, 1.165) is 35.8 Å². The smallest absolute Gasteiger partial charge is 0.318 e. The van der Waals surface area contributed by atoms with Crippen LogP contribution in [0.5, 0.6) is 0 Å². The van der Waals surface area contributed by atoms with Gasteiger partial charge in [0.25, 0.3) is 0 Å². The molecule has 0 bridgehead atoms. The molecule has 1 aromatic rings. The second-order valence-electron chi connectivity index (χ2n) is 5.10. The number of halogens is 1. The van der Waals surface area contributed by atoms with Gasteiger partial charge < -0.3 is 15.3 Å². The van der Waals surface area contributed by atoms with E-state index in [1.165, 1.54) is 0 Å². The van der Waals surface area contributed by atoms with Crippen molar-refractivity contribution in [1.82, 2.24) is 10.2 Å². The lowest BCUT2D eigenvalue weighted by Crippen LogP contribution is -2.45. The van der Waals surface area contributed by atoms with Gasteiger partial charge in [-0.2, -0.15) is 0 Å². The molecule has 0 saturated carbocycles. The number of amides is 2. The molecule has 4 nitrogen and oxygen atoms in total. The normalized spacial score (nSPS) is 19.9. The zero-order chi connectivity index (χ0) is 14.5. The van der Waals surface area contributed by atoms with Gasteiger partial charge in [0.1, 0.15) is 0 Å². The Morgan fingerprint density at radius 1 is 1.55 bits per heavy atom. The molecule has 1 aliphatic rings. The second-order valence-corrected chi connectivity index (χ2v) is 5.96. The molecule has 20 heavy (non-hydrogen) atoms. The van der Waals surface area contributed by atoms with Crippen LogP contribution >= 0.6 is 15.9 Å². The van der Waals surface area contributed by atoms with Crippen LogP contribution in [0.4, 0.5) is 4.79 Å². The van der Waals surface area contributed by atoms with Gasteiger partial charge in [0.2, 0.25) is 0 Å². The van der Waals surface area contributed by atoms with E-state index in [-0.39, 0.29) is 24.7 Å². The Kier molecular flexibility index (Phi) is 5.43. The molecule has 2 atom stereocenters. The predicted molar refractivity (Wildman–Crippen MR) is 82.5 cm³/mol. The van der Waals surface area contributed by atoms with Crippen molar-refractivity contribution in [2.24, 2.45) is 0 Å². The number of benzene rings is 1. The first-order chi connectivity index (χ1) is 9.67. The van der Waals surface area contributed by atoms with Gasteiger partial charge in [-0.25, -0.2) is 4.79 Å². The maximum atomic E-state index is 12.4. The summed E-state index contributed by atoms with van der Waals surface area (Å²) < 4.78 is 1.01. The van der Waals surface area contributed by atoms with Crippen LogP contribution in [0.1, 0.15) is 37.8 Å². The Balaban J connectivity index is 2.07. The fraction of sp³-hybridized carbons (Fsp3) is 0.533. The summed E-state index contributed by atoms with van der Waals surface area (Å²) in [6.45, 7) is 2.82. The summed E-state index contributed by atoms with van der Waals surface area (Å²) in [6, 6.07) is 7.81. The number of aliphatic hydroxyl groups is 1. The number of hydrogen-bond acceptors (Lipinski definition) is 2. The highest BCUT2D eigenvalue weighted by atomic mass is 79.9. The molecule has 110 valence electrons. The minimum atomic E-state index is -0.0795. The molecular weight excluding hydrogens is 320 g/mol. The van der Waals surface area contributed by atoms with E-state index < -0.39 is 0 Å². The van der Waals surface area contributed by atoms with E-state index in [4.69, 9.17) is 0 Å². The van der Waals surface area contributed by atoms with E-state index in [2.05, 4.69) is 28.2 Å². The molecule has 0 aromatic heterocycles. The summed E-state index contributed by atoms with van der Waals surface area (Å²) in [6.07, 6.45) is 2.67. The molecule has 2 N–H and O–H groups in total. The van der Waals surface area contributed by atoms with Crippen molar-refractivity contribution < 1.29 is 9.90 Å². The Morgan fingerprint density at radius 3 is 2.95 bits per heavy atom. The Morgan fingerprint density at radius 2 is 2.30 bits per heavy atom. The highest BCUT2D eigenvalue weighted by Crippen LogP contribution is 2.26. The third-order valence-electron chi connectivity index (χ3n) is 3.84. The number of aliphatic hydroxyl groups excluding tert-OH is 1. The summed E-state index contributed by atoms with van der Waals surface area (Å²) in [5.74, 6) is 0. The van der Waals surface area contributed by atoms with Crippen molar-refractivity contribution >= 4 is 22.0 Å². The number of likely N-dealkylation sites (tertiary alicyclic amines) is 1. The number of hydrogen-bond donors (Lipinski definition) is 2. The molecule has 1 fully saturated rings. The molecule has 5 heteroatoms. The predicted octanol–water partition coefficient (Wildman–Crippen LogP) is 3.07. The number of nitrogens with zero attached hydrogens (tertiary/aromatic N) is 1. The lowest BCUT2D eigenvalue weighted by Gasteiger charge is -2.27. The van der Waals surface area contributed by atoms with Crippen LogP contribution in [0.3, 0.4) is 0 Å². The molecule has 1 saturated heterocycles. The van der Waals surface area contributed by atoms with Crippen LogP contribution in [-0.2, 0) is 0 Å². The molecule has 0 spiro atoms. The third-order valence-corrected chi connectivity index (χ3v) is 4.56. The molecule has 2 amide bonds. The number of urea groups is 1. The Labute approximate surface area is 128 Å². The van der Waals surface area contributed by atoms with Gasteiger partial charge in [-0.05, 0) is 30.9 Å². The van der Waals surface area contributed by atoms with Crippen LogP contribution in [-0.4, -0.2) is 35.2 Å². The number of carbonyl (C=O) groups excluding carboxylic acids is 1. The maximum absolute atomic E-state index is 12.4. The second kappa shape index (κ2) is 7.09. The fourth-order valence-corrected chi connectivity index (χ4v) is 3.24. The van der Waals surface area contributed by atoms with Crippen molar-refractivity contribution in [2.45, 2.75) is 38.3 Å². The summed E-state index contributed by atoms with van der Waals surface area (Å²) in [5, 5.41) is 12.4. The van der Waals surface area contributed by atoms with Crippen molar-refractivity contribution in [1.29, 1.82) is 0 Å². The van der Waals surface area contributed by atoms with Crippen molar-refractivity contribution in [3.05, 3.63) is 34.3 Å². The van der Waals surface area contributed by atoms with E-state index in [9.17, 15) is 9.90 Å². The van der Waals surface area contributed by atoms with E-state index >= 15 is 0 Å². The van der Waals surface area contributed by atoms with Gasteiger partial charge in [-0.15, -0.1) is 0 Å². The average Bonchev–Trinajstić information content (AvgIpc) is 2.94. The highest BCUT2D eigenvalue weighted by molar-refractivity contribution is 9.10. The average molecular weight is 341 g/mol. The lowest BCUT2D eigenvalue weighted by atomic mass is 10.0. The van der Waals surface area contributed by atoms with Crippen molar-refractivity contribution in [3.8, 4) is 0 Å². The van der Waals surface area contributed by atoms with Crippen LogP contribution in [0, 0.1) is 0 Å². The summed E-state index contributed by atoms with van der Waals surface area (Å²) in [7, 11) is 0. The topological polar surface area (TPSA) is 52.6 Å². The summed E-state index contributed by atoms with van der Waals surface area (Å²) >= 11 is 3.53. The minimum absolute atomic E-state index is 0.0157. The molecule has 0 aliphatic carbocycles. The molecule has 2 rings (SSSR count). The summed E-state index contributed by atoms with van der Waals surface area (Å²) in [4.78, 5) is 14.1. The number of nitrogens with one attached hydrogen (secondary N) is 1. The minimum Gasteiger partial charge on any atom is -0.394 e. The van der Waals surface area contributed by atoms with E-state index in [1.807, 2.05) is 24.3 Å². The SMILES string of the molecule is CC[C@H](NC(=O)N1CCC[C@H]1CO)c1ccccc1Br. The Hall–Kier alpha value is -1.07. The van der Waals surface area contributed by atoms with Gasteiger partial charge in [0.05, 0.1) is 18.7 Å². The number of rotatable bonds is 4. The highest BCUT2D eigenvalue weighted by Gasteiger charge is 2.29. The van der Waals surface area contributed by atoms with E-state index in [0.29, 0.717) is 0 Å². The van der Waals surface area contributed by atoms with Crippen LogP contribution in [0.15, 0.2) is 28.7 Å². The van der Waals surface area contributed by atoms with Gasteiger partial charge in [-0.3, -0.25) is 0 Å². The third kappa shape index (κ3) is 3.33. The largest absolute Gasteiger partial charge is 0.394 e. The molecule has 1 heterocycles. The quantitative estimate of drug-likeness (QED) is 0.884. The van der Waals surface area contributed by atoms with Crippen LogP contribution < -0.4 is 5.32 Å². The van der Waals surface area contributed by atoms with E-state index in [1.54, 1.807) is 4.90 Å². The van der Waals surface area contributed by atoms with Gasteiger partial charge >= 0.3 is 6.03 Å². The summed E-state index contributed by atoms with van der Waals surface area (Å²) in [5.41, 5.74) is 1.09. The molecule has 1 aliphatic heterocycles. The molecule has 0 radical (unpaired) electrons. The Bertz CT molecular complexity index is 467. The fourth-order valence-electron chi connectivity index (χ4n) is 2.68. The zero-order valence-corrected chi connectivity index (χ0v) is 13.3. The number of carbonyl (C=O) groups is 1. The van der Waals surface area contributed by atoms with Crippen LogP contribution in [0.25, 0.3) is 0 Å². The zero-order valence-electron chi connectivity index (χ0n) is 11.7. The van der Waals surface area contributed by atoms with Gasteiger partial charge in [0, 0.05) is 11.0 Å². The monoisotopic (exact) mass is 340 g/mol. The van der Waals surface area contributed by atoms with Gasteiger partial charge in [0.15, 0.2) is 0 Å². The van der Waals surface area contributed by atoms with Crippen molar-refractivity contribution in [3.63, 3.8) is 0 Å². The molecular formula is C15H21BrN2O2. The standard InChI is InChI=1S/C15H21BrN2O2/c1-2-14(12-7-3-4-8-13(12)16)17-15(20)18-9-5-6-11(18)10-19/h3-4,7-8,11,14,19H,2,5-6,9-10H2,1H3,(H,17,20)/t11-,14-/m0/s1. The molecule has 1 aromatic carbocycles. The molecule has 0 unspecified atom stereocenters. The van der Waals surface area contributed by atoms with Crippen LogP contribution in [0.2, 0.25) is 0 Å². The first-order valence-electron chi connectivity index (χ1n) is 7.09. The first kappa shape index (κ1) is 15.3.